The number of aliphatic hydroxyl groups is 1. The molecular weight excluding hydrogens is 507 g/mol. The number of nitrogens with zero attached hydrogens (tertiary/aromatic N) is 2. The molecule has 6 unspecified atom stereocenters. The van der Waals surface area contributed by atoms with Gasteiger partial charge in [0, 0.05) is 29.6 Å². The van der Waals surface area contributed by atoms with E-state index in [9.17, 15) is 29.4 Å². The molecular formula is C28H37FN4O6. The van der Waals surface area contributed by atoms with Crippen molar-refractivity contribution < 1.29 is 33.8 Å². The number of aromatic hydroxyl groups is 1. The zero-order valence-corrected chi connectivity index (χ0v) is 23.0. The van der Waals surface area contributed by atoms with E-state index in [0.717, 1.165) is 6.42 Å². The van der Waals surface area contributed by atoms with Crippen LogP contribution in [0.15, 0.2) is 6.07 Å². The number of carbonyl (C=O) groups is 4. The molecule has 39 heavy (non-hydrogen) atoms. The molecule has 0 spiro atoms. The molecule has 1 aromatic carbocycles. The van der Waals surface area contributed by atoms with Gasteiger partial charge in [-0.15, -0.1) is 0 Å². The number of hydrogen-bond acceptors (Lipinski definition) is 9. The number of primary amides is 1. The monoisotopic (exact) mass is 544 g/mol. The number of amides is 1. The number of carbonyl (C=O) groups excluding carboxylic acids is 4. The van der Waals surface area contributed by atoms with Crippen molar-refractivity contribution in [1.82, 2.24) is 9.80 Å². The zero-order chi connectivity index (χ0) is 29.1. The number of likely N-dealkylation sites (N-methyl/N-ethyl adjacent to an activating group) is 1. The third-order valence-electron chi connectivity index (χ3n) is 8.75. The van der Waals surface area contributed by atoms with Gasteiger partial charge in [0.05, 0.1) is 23.2 Å². The first kappa shape index (κ1) is 29.0. The third-order valence-corrected chi connectivity index (χ3v) is 8.75. The van der Waals surface area contributed by atoms with Crippen LogP contribution < -0.4 is 5.73 Å². The molecule has 10 nitrogen and oxygen atoms in total. The SMILES string of the molecule is CCCN(Cc1cc(O)c2c(c1F)CC1CC3C(N(C)C)C(=O)C(C(N)=O)C(=N)C3(O)C(=O)C1C2=O)C(C)C. The van der Waals surface area contributed by atoms with Crippen molar-refractivity contribution in [3.63, 3.8) is 0 Å². The molecule has 4 rings (SSSR count). The van der Waals surface area contributed by atoms with Gasteiger partial charge in [-0.1, -0.05) is 6.92 Å². The van der Waals surface area contributed by atoms with Gasteiger partial charge >= 0.3 is 0 Å². The third kappa shape index (κ3) is 4.31. The minimum Gasteiger partial charge on any atom is -0.507 e. The normalized spacial score (nSPS) is 30.6. The summed E-state index contributed by atoms with van der Waals surface area (Å²) < 4.78 is 15.9. The first-order valence-corrected chi connectivity index (χ1v) is 13.3. The number of hydrogen-bond donors (Lipinski definition) is 4. The maximum absolute atomic E-state index is 15.9. The van der Waals surface area contributed by atoms with E-state index in [-0.39, 0.29) is 42.1 Å². The summed E-state index contributed by atoms with van der Waals surface area (Å²) in [5.41, 5.74) is 1.94. The predicted octanol–water partition coefficient (Wildman–Crippen LogP) is 1.08. The molecule has 0 bridgehead atoms. The van der Waals surface area contributed by atoms with Crippen LogP contribution in [0.4, 0.5) is 4.39 Å². The summed E-state index contributed by atoms with van der Waals surface area (Å²) in [4.78, 5) is 56.4. The smallest absolute Gasteiger partial charge is 0.233 e. The lowest BCUT2D eigenvalue weighted by Gasteiger charge is -2.53. The summed E-state index contributed by atoms with van der Waals surface area (Å²) in [7, 11) is 3.10. The second-order valence-corrected chi connectivity index (χ2v) is 11.6. The number of benzene rings is 1. The molecule has 0 aromatic heterocycles. The van der Waals surface area contributed by atoms with Crippen molar-refractivity contribution in [3.05, 3.63) is 28.6 Å². The van der Waals surface area contributed by atoms with Crippen LogP contribution in [0.3, 0.4) is 0 Å². The van der Waals surface area contributed by atoms with Crippen LogP contribution >= 0.6 is 0 Å². The van der Waals surface area contributed by atoms with Gasteiger partial charge < -0.3 is 21.4 Å². The lowest BCUT2D eigenvalue weighted by molar-refractivity contribution is -0.157. The van der Waals surface area contributed by atoms with Gasteiger partial charge in [-0.2, -0.15) is 0 Å². The number of Topliss-reactive ketones (excluding diaryl/α,β-unsaturated/α-hetero) is 3. The van der Waals surface area contributed by atoms with Crippen molar-refractivity contribution in [2.75, 3.05) is 20.6 Å². The average Bonchev–Trinajstić information content (AvgIpc) is 2.83. The van der Waals surface area contributed by atoms with E-state index in [2.05, 4.69) is 4.90 Å². The van der Waals surface area contributed by atoms with Crippen LogP contribution in [0.5, 0.6) is 5.75 Å². The minimum absolute atomic E-state index is 0.0170. The summed E-state index contributed by atoms with van der Waals surface area (Å²) in [6.45, 7) is 6.93. The fraction of sp³-hybridized carbons (Fsp3) is 0.607. The Morgan fingerprint density at radius 3 is 2.46 bits per heavy atom. The van der Waals surface area contributed by atoms with E-state index in [1.165, 1.54) is 11.0 Å². The highest BCUT2D eigenvalue weighted by atomic mass is 19.1. The van der Waals surface area contributed by atoms with E-state index in [1.807, 2.05) is 20.8 Å². The number of halogens is 1. The Hall–Kier alpha value is -3.02. The molecule has 2 fully saturated rings. The summed E-state index contributed by atoms with van der Waals surface area (Å²) in [6, 6.07) is 0.212. The molecule has 3 aliphatic rings. The van der Waals surface area contributed by atoms with E-state index < -0.39 is 75.8 Å². The minimum atomic E-state index is -2.58. The van der Waals surface area contributed by atoms with Crippen LogP contribution in [-0.2, 0) is 27.3 Å². The van der Waals surface area contributed by atoms with Crippen LogP contribution in [0, 0.1) is 34.9 Å². The van der Waals surface area contributed by atoms with Gasteiger partial charge in [0.2, 0.25) is 5.91 Å². The Bertz CT molecular complexity index is 1260. The molecule has 1 amide bonds. The zero-order valence-electron chi connectivity index (χ0n) is 23.0. The van der Waals surface area contributed by atoms with Crippen molar-refractivity contribution in [3.8, 4) is 5.75 Å². The Kier molecular flexibility index (Phi) is 7.57. The quantitative estimate of drug-likeness (QED) is 0.370. The fourth-order valence-electron chi connectivity index (χ4n) is 6.90. The standard InChI is InChI=1S/C28H37FN4O6/c1-6-7-33(12(2)3)11-14-10-17(34)19-15(21(14)29)8-13-9-16-22(32(4)5)24(36)20(27(31)38)25(30)28(16,39)26(37)18(13)23(19)35/h10,12-13,16,18,20,22,30,34,39H,6-9,11H2,1-5H3,(H2,31,38). The topological polar surface area (TPSA) is 165 Å². The molecule has 0 heterocycles. The van der Waals surface area contributed by atoms with Gasteiger partial charge in [-0.05, 0) is 65.7 Å². The van der Waals surface area contributed by atoms with Crippen molar-refractivity contribution >= 4 is 29.0 Å². The van der Waals surface area contributed by atoms with Crippen LogP contribution in [0.2, 0.25) is 0 Å². The molecule has 212 valence electrons. The Morgan fingerprint density at radius 1 is 1.28 bits per heavy atom. The fourth-order valence-corrected chi connectivity index (χ4v) is 6.90. The Morgan fingerprint density at radius 2 is 1.92 bits per heavy atom. The maximum atomic E-state index is 15.9. The Balaban J connectivity index is 1.81. The van der Waals surface area contributed by atoms with E-state index in [1.54, 1.807) is 14.1 Å². The lowest BCUT2D eigenvalue weighted by Crippen LogP contribution is -2.73. The maximum Gasteiger partial charge on any atom is 0.233 e. The average molecular weight is 545 g/mol. The van der Waals surface area contributed by atoms with Crippen LogP contribution in [0.1, 0.15) is 55.1 Å². The number of ketones is 3. The van der Waals surface area contributed by atoms with Gasteiger partial charge in [-0.3, -0.25) is 29.0 Å². The molecule has 2 saturated carbocycles. The summed E-state index contributed by atoms with van der Waals surface area (Å²) in [5, 5.41) is 31.1. The summed E-state index contributed by atoms with van der Waals surface area (Å²) in [6.07, 6.45) is 0.745. The Labute approximate surface area is 226 Å². The molecule has 0 saturated heterocycles. The van der Waals surface area contributed by atoms with Gasteiger partial charge in [-0.25, -0.2) is 4.39 Å². The molecule has 11 heteroatoms. The van der Waals surface area contributed by atoms with Crippen molar-refractivity contribution in [2.24, 2.45) is 29.4 Å². The number of phenolic OH excluding ortho intramolecular Hbond substituents is 1. The van der Waals surface area contributed by atoms with E-state index in [0.29, 0.717) is 6.54 Å². The van der Waals surface area contributed by atoms with Crippen LogP contribution in [-0.4, -0.2) is 87.3 Å². The molecule has 0 aliphatic heterocycles. The van der Waals surface area contributed by atoms with Crippen LogP contribution in [0.25, 0.3) is 0 Å². The molecule has 3 aliphatic carbocycles. The number of fused-ring (bicyclic) bond motifs is 3. The van der Waals surface area contributed by atoms with Crippen molar-refractivity contribution in [2.45, 2.75) is 64.3 Å². The van der Waals surface area contributed by atoms with E-state index >= 15 is 4.39 Å². The van der Waals surface area contributed by atoms with Gasteiger partial charge in [0.25, 0.3) is 0 Å². The van der Waals surface area contributed by atoms with Gasteiger partial charge in [0.15, 0.2) is 23.0 Å². The predicted molar refractivity (Wildman–Crippen MR) is 140 cm³/mol. The first-order chi connectivity index (χ1) is 18.2. The van der Waals surface area contributed by atoms with Gasteiger partial charge in [0.1, 0.15) is 17.5 Å². The second-order valence-electron chi connectivity index (χ2n) is 11.6. The lowest BCUT2D eigenvalue weighted by atomic mass is 9.52. The second kappa shape index (κ2) is 10.2. The highest BCUT2D eigenvalue weighted by molar-refractivity contribution is 6.33. The van der Waals surface area contributed by atoms with E-state index in [4.69, 9.17) is 11.1 Å². The molecule has 1 aromatic rings. The summed E-state index contributed by atoms with van der Waals surface area (Å²) in [5.74, 6) is -9.95. The number of nitrogens with two attached hydrogens (primary N) is 1. The van der Waals surface area contributed by atoms with Crippen molar-refractivity contribution in [1.29, 1.82) is 5.41 Å². The number of rotatable bonds is 7. The summed E-state index contributed by atoms with van der Waals surface area (Å²) >= 11 is 0. The highest BCUT2D eigenvalue weighted by Gasteiger charge is 2.67. The number of nitrogens with one attached hydrogen (secondary N) is 1. The number of phenols is 1. The first-order valence-electron chi connectivity index (χ1n) is 13.3. The molecule has 6 atom stereocenters. The highest BCUT2D eigenvalue weighted by Crippen LogP contribution is 2.51. The molecule has 0 radical (unpaired) electrons. The largest absolute Gasteiger partial charge is 0.507 e. The molecule has 5 N–H and O–H groups in total.